The van der Waals surface area contributed by atoms with E-state index in [0.29, 0.717) is 17.0 Å². The third-order valence-corrected chi connectivity index (χ3v) is 2.31. The maximum atomic E-state index is 11.1. The van der Waals surface area contributed by atoms with Crippen LogP contribution in [0.1, 0.15) is 10.5 Å². The number of methoxy groups -OCH3 is 1. The van der Waals surface area contributed by atoms with Crippen molar-refractivity contribution in [1.29, 1.82) is 0 Å². The smallest absolute Gasteiger partial charge is 0.411 e. The van der Waals surface area contributed by atoms with Gasteiger partial charge in [-0.15, -0.1) is 0 Å². The summed E-state index contributed by atoms with van der Waals surface area (Å²) in [6.45, 7) is 0. The van der Waals surface area contributed by atoms with E-state index in [-0.39, 0.29) is 5.69 Å². The fourth-order valence-corrected chi connectivity index (χ4v) is 1.43. The van der Waals surface area contributed by atoms with Gasteiger partial charge in [-0.1, -0.05) is 17.3 Å². The molecule has 0 saturated heterocycles. The van der Waals surface area contributed by atoms with Gasteiger partial charge in [0.15, 0.2) is 11.5 Å². The fourth-order valence-electron chi connectivity index (χ4n) is 1.43. The van der Waals surface area contributed by atoms with Crippen molar-refractivity contribution in [2.45, 2.75) is 0 Å². The lowest BCUT2D eigenvalue weighted by atomic mass is 10.1. The number of carboxylic acids is 1. The molecule has 0 unspecified atom stereocenters. The van der Waals surface area contributed by atoms with Crippen LogP contribution in [0.5, 0.6) is 0 Å². The Morgan fingerprint density at radius 2 is 2.16 bits per heavy atom. The molecule has 2 N–H and O–H groups in total. The van der Waals surface area contributed by atoms with Crippen LogP contribution >= 0.6 is 0 Å². The summed E-state index contributed by atoms with van der Waals surface area (Å²) >= 11 is 0. The SMILES string of the molecule is COC(=O)Nc1cccc(-c2cc(C(=O)O)no2)c1. The van der Waals surface area contributed by atoms with Gasteiger partial charge in [-0.25, -0.2) is 9.59 Å². The molecule has 0 fully saturated rings. The lowest BCUT2D eigenvalue weighted by Gasteiger charge is -2.04. The molecule has 0 aliphatic heterocycles. The molecular formula is C12H10N2O5. The van der Waals surface area contributed by atoms with Crippen molar-refractivity contribution in [3.63, 3.8) is 0 Å². The molecule has 1 amide bonds. The van der Waals surface area contributed by atoms with E-state index in [0.717, 1.165) is 0 Å². The number of anilines is 1. The molecule has 1 aromatic carbocycles. The molecule has 7 heteroatoms. The molecule has 19 heavy (non-hydrogen) atoms. The summed E-state index contributed by atoms with van der Waals surface area (Å²) in [4.78, 5) is 21.8. The fraction of sp³-hybridized carbons (Fsp3) is 0.0833. The molecule has 1 heterocycles. The number of hydrogen-bond acceptors (Lipinski definition) is 5. The third-order valence-electron chi connectivity index (χ3n) is 2.31. The quantitative estimate of drug-likeness (QED) is 0.879. The number of carbonyl (C=O) groups excluding carboxylic acids is 1. The van der Waals surface area contributed by atoms with Gasteiger partial charge in [0, 0.05) is 17.3 Å². The second-order valence-corrected chi connectivity index (χ2v) is 3.58. The Bertz CT molecular complexity index is 620. The van der Waals surface area contributed by atoms with E-state index in [9.17, 15) is 9.59 Å². The van der Waals surface area contributed by atoms with Crippen molar-refractivity contribution in [1.82, 2.24) is 5.16 Å². The minimum absolute atomic E-state index is 0.179. The van der Waals surface area contributed by atoms with Gasteiger partial charge in [0.05, 0.1) is 7.11 Å². The summed E-state index contributed by atoms with van der Waals surface area (Å²) in [5.41, 5.74) is 0.910. The molecule has 98 valence electrons. The lowest BCUT2D eigenvalue weighted by molar-refractivity contribution is 0.0685. The Balaban J connectivity index is 2.26. The van der Waals surface area contributed by atoms with E-state index in [2.05, 4.69) is 15.2 Å². The number of hydrogen-bond donors (Lipinski definition) is 2. The first-order chi connectivity index (χ1) is 9.10. The number of amides is 1. The van der Waals surface area contributed by atoms with E-state index in [1.165, 1.54) is 13.2 Å². The van der Waals surface area contributed by atoms with Gasteiger partial charge in [0.2, 0.25) is 0 Å². The summed E-state index contributed by atoms with van der Waals surface area (Å²) < 4.78 is 9.40. The van der Waals surface area contributed by atoms with Gasteiger partial charge in [-0.05, 0) is 12.1 Å². The average Bonchev–Trinajstić information content (AvgIpc) is 2.88. The Kier molecular flexibility index (Phi) is 3.46. The molecular weight excluding hydrogens is 252 g/mol. The van der Waals surface area contributed by atoms with Gasteiger partial charge in [-0.2, -0.15) is 0 Å². The number of aromatic carboxylic acids is 1. The predicted octanol–water partition coefficient (Wildman–Crippen LogP) is 2.22. The predicted molar refractivity (Wildman–Crippen MR) is 64.9 cm³/mol. The summed E-state index contributed by atoms with van der Waals surface area (Å²) in [6, 6.07) is 7.97. The number of nitrogens with zero attached hydrogens (tertiary/aromatic N) is 1. The number of nitrogens with one attached hydrogen (secondary N) is 1. The first kappa shape index (κ1) is 12.6. The summed E-state index contributed by atoms with van der Waals surface area (Å²) in [5.74, 6) is -0.871. The van der Waals surface area contributed by atoms with Crippen LogP contribution in [0.4, 0.5) is 10.5 Å². The lowest BCUT2D eigenvalue weighted by Crippen LogP contribution is -2.10. The Morgan fingerprint density at radius 3 is 2.79 bits per heavy atom. The van der Waals surface area contributed by atoms with E-state index < -0.39 is 12.1 Å². The Labute approximate surface area is 107 Å². The van der Waals surface area contributed by atoms with Gasteiger partial charge in [-0.3, -0.25) is 5.32 Å². The van der Waals surface area contributed by atoms with Crippen LogP contribution in [0.3, 0.4) is 0 Å². The van der Waals surface area contributed by atoms with Crippen LogP contribution in [0.2, 0.25) is 0 Å². The number of aromatic nitrogens is 1. The molecule has 0 saturated carbocycles. The first-order valence-corrected chi connectivity index (χ1v) is 5.25. The number of rotatable bonds is 3. The van der Waals surface area contributed by atoms with Crippen LogP contribution in [0.25, 0.3) is 11.3 Å². The molecule has 0 atom stereocenters. The molecule has 0 spiro atoms. The van der Waals surface area contributed by atoms with Crippen molar-refractivity contribution < 1.29 is 24.0 Å². The van der Waals surface area contributed by atoms with E-state index in [1.54, 1.807) is 24.3 Å². The van der Waals surface area contributed by atoms with Crippen molar-refractivity contribution >= 4 is 17.7 Å². The van der Waals surface area contributed by atoms with E-state index >= 15 is 0 Å². The summed E-state index contributed by atoms with van der Waals surface area (Å²) in [6.07, 6.45) is -0.596. The average molecular weight is 262 g/mol. The molecule has 0 aliphatic carbocycles. The van der Waals surface area contributed by atoms with Gasteiger partial charge in [0.1, 0.15) is 0 Å². The number of benzene rings is 1. The molecule has 0 bridgehead atoms. The van der Waals surface area contributed by atoms with Crippen molar-refractivity contribution in [3.05, 3.63) is 36.0 Å². The highest BCUT2D eigenvalue weighted by molar-refractivity contribution is 5.87. The molecule has 0 aliphatic rings. The Morgan fingerprint density at radius 1 is 1.37 bits per heavy atom. The third kappa shape index (κ3) is 2.89. The van der Waals surface area contributed by atoms with Gasteiger partial charge in [0.25, 0.3) is 0 Å². The topological polar surface area (TPSA) is 102 Å². The van der Waals surface area contributed by atoms with Crippen molar-refractivity contribution in [2.24, 2.45) is 0 Å². The van der Waals surface area contributed by atoms with Crippen molar-refractivity contribution in [3.8, 4) is 11.3 Å². The van der Waals surface area contributed by atoms with Gasteiger partial charge >= 0.3 is 12.1 Å². The minimum Gasteiger partial charge on any atom is -0.476 e. The monoisotopic (exact) mass is 262 g/mol. The molecule has 2 rings (SSSR count). The first-order valence-electron chi connectivity index (χ1n) is 5.25. The highest BCUT2D eigenvalue weighted by Crippen LogP contribution is 2.23. The van der Waals surface area contributed by atoms with Gasteiger partial charge < -0.3 is 14.4 Å². The van der Waals surface area contributed by atoms with Crippen LogP contribution < -0.4 is 5.32 Å². The normalized spacial score (nSPS) is 9.95. The zero-order chi connectivity index (χ0) is 13.8. The number of ether oxygens (including phenoxy) is 1. The largest absolute Gasteiger partial charge is 0.476 e. The molecule has 2 aromatic rings. The van der Waals surface area contributed by atoms with E-state index in [1.807, 2.05) is 0 Å². The van der Waals surface area contributed by atoms with Crippen LogP contribution in [0, 0.1) is 0 Å². The zero-order valence-electron chi connectivity index (χ0n) is 9.91. The van der Waals surface area contributed by atoms with Crippen LogP contribution in [0.15, 0.2) is 34.9 Å². The standard InChI is InChI=1S/C12H10N2O5/c1-18-12(17)13-8-4-2-3-7(5-8)10-6-9(11(15)16)14-19-10/h2-6H,1H3,(H,13,17)(H,15,16). The maximum absolute atomic E-state index is 11.1. The second-order valence-electron chi connectivity index (χ2n) is 3.58. The van der Waals surface area contributed by atoms with Crippen LogP contribution in [-0.4, -0.2) is 29.4 Å². The highest BCUT2D eigenvalue weighted by atomic mass is 16.5. The van der Waals surface area contributed by atoms with Crippen LogP contribution in [-0.2, 0) is 4.74 Å². The maximum Gasteiger partial charge on any atom is 0.411 e. The zero-order valence-corrected chi connectivity index (χ0v) is 9.91. The highest BCUT2D eigenvalue weighted by Gasteiger charge is 2.12. The minimum atomic E-state index is -1.17. The Hall–Kier alpha value is -2.83. The molecule has 7 nitrogen and oxygen atoms in total. The summed E-state index contributed by atoms with van der Waals surface area (Å²) in [5, 5.41) is 14.7. The number of carboxylic acid groups (broad SMARTS) is 1. The summed E-state index contributed by atoms with van der Waals surface area (Å²) in [7, 11) is 1.26. The van der Waals surface area contributed by atoms with Crippen molar-refractivity contribution in [2.75, 3.05) is 12.4 Å². The van der Waals surface area contributed by atoms with E-state index in [4.69, 9.17) is 9.63 Å². The second kappa shape index (κ2) is 5.21. The molecule has 1 aromatic heterocycles. The number of carbonyl (C=O) groups is 2. The molecule has 0 radical (unpaired) electrons.